The van der Waals surface area contributed by atoms with E-state index in [-0.39, 0.29) is 0 Å². The van der Waals surface area contributed by atoms with Gasteiger partial charge in [0.25, 0.3) is 0 Å². The highest BCUT2D eigenvalue weighted by Crippen LogP contribution is 2.24. The summed E-state index contributed by atoms with van der Waals surface area (Å²) in [6.07, 6.45) is 8.40. The first-order valence-electron chi connectivity index (χ1n) is 17.9. The van der Waals surface area contributed by atoms with Crippen molar-refractivity contribution in [3.05, 3.63) is 99.7 Å². The maximum Gasteiger partial charge on any atom is 1.27 e. The molecule has 60 heavy (non-hydrogen) atoms. The van der Waals surface area contributed by atoms with Crippen molar-refractivity contribution in [3.63, 3.8) is 0 Å². The van der Waals surface area contributed by atoms with Crippen molar-refractivity contribution in [1.82, 2.24) is 0 Å². The molecule has 294 valence electrons. The van der Waals surface area contributed by atoms with Crippen LogP contribution < -0.4 is 0 Å². The topological polar surface area (TPSA) is 253 Å². The molecule has 24 heteroatoms. The Hall–Kier alpha value is -7.88. The van der Waals surface area contributed by atoms with Crippen LogP contribution in [0, 0.1) is 158 Å². The summed E-state index contributed by atoms with van der Waals surface area (Å²) in [6.45, 7) is 62.4. The minimum Gasteiger partial charge on any atom is -0.267 e. The summed E-state index contributed by atoms with van der Waals surface area (Å²) < 4.78 is 28.9. The van der Waals surface area contributed by atoms with Gasteiger partial charge in [0.15, 0.2) is 18.1 Å². The summed E-state index contributed by atoms with van der Waals surface area (Å²) in [4.78, 5) is 0. The van der Waals surface area contributed by atoms with E-state index < -0.39 is 49.9 Å². The van der Waals surface area contributed by atoms with Crippen LogP contribution in [0.4, 0.5) is 0 Å². The summed E-state index contributed by atoms with van der Waals surface area (Å²) in [6, 6.07) is 2.04. The normalized spacial score (nSPS) is 9.90. The molecule has 0 rings (SSSR count). The highest BCUT2D eigenvalue weighted by Gasteiger charge is 2.78. The van der Waals surface area contributed by atoms with Crippen molar-refractivity contribution in [2.45, 2.75) is 113 Å². The Balaban J connectivity index is -0.000000813. The van der Waals surface area contributed by atoms with Gasteiger partial charge in [-0.05, 0) is 37.4 Å². The molecule has 18 nitrogen and oxygen atoms in total. The second-order valence-electron chi connectivity index (χ2n) is 12.8. The molecule has 0 heterocycles. The maximum absolute atomic E-state index is 8.88. The molecule has 0 spiro atoms. The highest BCUT2D eigenvalue weighted by atomic mass is 28.4. The molecule has 0 aromatic rings. The van der Waals surface area contributed by atoms with Crippen molar-refractivity contribution < 1.29 is 0 Å². The molecular formula is C36H36N18Si6. The summed E-state index contributed by atoms with van der Waals surface area (Å²) in [5.74, 6) is 0. The quantitative estimate of drug-likeness (QED) is 0.0606. The molecule has 0 unspecified atom stereocenters. The zero-order chi connectivity index (χ0) is 46.5. The standard InChI is InChI=1S/C13H14N6Si2.C12H12N6Si2.C11H10N6Si2/c1-17-21(18-2,19-3)10-8-6-4-5-7-9-20(11-14,12-15)13-16;1-16-20(17-2,18-3)9-7-5-4-6-8-19(10-13,11-14)12-15;1-15-19(16-2,17-3)8-6-4-5-7-18(9-12,10-13)11-14/h4-10H2;4-9H2;4-8H2. The van der Waals surface area contributed by atoms with E-state index in [0.29, 0.717) is 81.2 Å². The van der Waals surface area contributed by atoms with E-state index in [4.69, 9.17) is 107 Å². The Morgan fingerprint density at radius 1 is 0.233 bits per heavy atom. The third-order valence-electron chi connectivity index (χ3n) is 8.77. The van der Waals surface area contributed by atoms with Crippen LogP contribution in [0.15, 0.2) is 0 Å². The second kappa shape index (κ2) is 31.2. The first kappa shape index (κ1) is 56.5. The van der Waals surface area contributed by atoms with E-state index >= 15 is 0 Å². The fourth-order valence-electron chi connectivity index (χ4n) is 4.77. The molecule has 0 aliphatic rings. The van der Waals surface area contributed by atoms with E-state index in [1.807, 2.05) is 51.2 Å². The van der Waals surface area contributed by atoms with Gasteiger partial charge in [-0.2, -0.15) is 0 Å². The Bertz CT molecular complexity index is 1900. The number of rotatable bonds is 21. The summed E-state index contributed by atoms with van der Waals surface area (Å²) >= 11 is 0. The van der Waals surface area contributed by atoms with Gasteiger partial charge < -0.3 is 0 Å². The molecule has 0 atom stereocenters. The molecule has 0 saturated carbocycles. The minimum atomic E-state index is -3.15. The largest absolute Gasteiger partial charge is 1.27 e. The van der Waals surface area contributed by atoms with Gasteiger partial charge >= 0.3 is 49.9 Å². The number of hydrogen-bond acceptors (Lipinski definition) is 9. The molecule has 0 saturated heterocycles. The molecule has 0 aliphatic carbocycles. The molecule has 0 aliphatic heterocycles. The van der Waals surface area contributed by atoms with Crippen molar-refractivity contribution in [3.8, 4) is 51.2 Å². The molecule has 0 amide bonds. The van der Waals surface area contributed by atoms with Crippen LogP contribution in [0.5, 0.6) is 0 Å². The number of nitrogens with zero attached hydrogens (tertiary/aromatic N) is 18. The van der Waals surface area contributed by atoms with Crippen molar-refractivity contribution >= 4 is 49.9 Å². The fraction of sp³-hybridized carbons (Fsp3) is 0.500. The summed E-state index contributed by atoms with van der Waals surface area (Å²) in [5, 5.41) is 79.7. The molecule has 0 bridgehead atoms. The molecular weight excluding hydrogens is 853 g/mol. The van der Waals surface area contributed by atoms with Crippen molar-refractivity contribution in [2.75, 3.05) is 0 Å². The van der Waals surface area contributed by atoms with Crippen LogP contribution in [-0.2, 0) is 0 Å². The smallest absolute Gasteiger partial charge is 0.267 e. The Morgan fingerprint density at radius 2 is 0.367 bits per heavy atom. The van der Waals surface area contributed by atoms with E-state index in [1.165, 1.54) is 0 Å². The third-order valence-corrected chi connectivity index (χ3v) is 21.8. The Kier molecular flexibility index (Phi) is 29.4. The first-order valence-corrected chi connectivity index (χ1v) is 30.7. The molecule has 0 radical (unpaired) electrons. The predicted octanol–water partition coefficient (Wildman–Crippen LogP) is 8.64. The van der Waals surface area contributed by atoms with E-state index in [2.05, 4.69) is 40.6 Å². The van der Waals surface area contributed by atoms with Gasteiger partial charge in [-0.25, -0.2) is 47.4 Å². The van der Waals surface area contributed by atoms with E-state index in [0.717, 1.165) is 32.1 Å². The lowest BCUT2D eigenvalue weighted by Gasteiger charge is -2.04. The van der Waals surface area contributed by atoms with Crippen molar-refractivity contribution in [2.24, 2.45) is 0 Å². The monoisotopic (exact) mass is 888 g/mol. The highest BCUT2D eigenvalue weighted by molar-refractivity contribution is 7.00. The molecule has 0 aromatic carbocycles. The second-order valence-corrected chi connectivity index (χ2v) is 29.9. The average molecular weight is 889 g/mol. The van der Waals surface area contributed by atoms with Crippen LogP contribution >= 0.6 is 0 Å². The van der Waals surface area contributed by atoms with Gasteiger partial charge in [0.05, 0.1) is 51.2 Å². The lowest BCUT2D eigenvalue weighted by atomic mass is 10.2. The van der Waals surface area contributed by atoms with Crippen LogP contribution in [0.1, 0.15) is 77.0 Å². The van der Waals surface area contributed by atoms with Gasteiger partial charge in [-0.3, -0.25) is 99.7 Å². The lowest BCUT2D eigenvalue weighted by molar-refractivity contribution is 0.652. The Labute approximate surface area is 359 Å². The van der Waals surface area contributed by atoms with Crippen LogP contribution in [0.25, 0.3) is 40.6 Å². The number of unbranched alkanes of at least 4 members (excludes halogenated alkanes) is 9. The van der Waals surface area contributed by atoms with Gasteiger partial charge in [-0.1, -0.05) is 57.8 Å². The third kappa shape index (κ3) is 19.3. The number of nitriles is 9. The van der Waals surface area contributed by atoms with E-state index in [1.54, 1.807) is 0 Å². The van der Waals surface area contributed by atoms with Gasteiger partial charge in [0, 0.05) is 0 Å². The van der Waals surface area contributed by atoms with Crippen LogP contribution in [0.3, 0.4) is 0 Å². The Morgan fingerprint density at radius 3 is 0.517 bits per heavy atom. The van der Waals surface area contributed by atoms with Gasteiger partial charge in [0.1, 0.15) is 0 Å². The summed E-state index contributed by atoms with van der Waals surface area (Å²) in [7, 11) is -18.5. The van der Waals surface area contributed by atoms with E-state index in [9.17, 15) is 0 Å². The fourth-order valence-corrected chi connectivity index (χ4v) is 12.2. The zero-order valence-electron chi connectivity index (χ0n) is 32.8. The maximum atomic E-state index is 8.88. The number of hydrogen-bond donors (Lipinski definition) is 0. The molecule has 0 fully saturated rings. The average Bonchev–Trinajstić information content (AvgIpc) is 3.31. The SMILES string of the molecule is [C-]#[N+][Si](CCCCCCC[Si](C#N)(C#N)C#N)([N+]#[C-])[N+]#[C-].[C-]#[N+][Si](CCCCCC[Si](C#N)(C#N)C#N)([N+]#[C-])[N+]#[C-].[C-]#[N+][Si](CCCCC[Si](C#N)(C#N)C#N)([N+]#[C-])[N+]#[C-]. The lowest BCUT2D eigenvalue weighted by Crippen LogP contribution is -2.29. The summed E-state index contributed by atoms with van der Waals surface area (Å²) in [5.41, 5.74) is 16.7. The van der Waals surface area contributed by atoms with Gasteiger partial charge in [-0.15, -0.1) is 0 Å². The molecule has 0 aromatic heterocycles. The van der Waals surface area contributed by atoms with Crippen molar-refractivity contribution in [1.29, 1.82) is 47.4 Å². The molecule has 0 N–H and O–H groups in total. The predicted molar refractivity (Wildman–Crippen MR) is 229 cm³/mol. The first-order chi connectivity index (χ1) is 28.7. The van der Waals surface area contributed by atoms with Crippen LogP contribution in [0.2, 0.25) is 36.3 Å². The zero-order valence-corrected chi connectivity index (χ0v) is 38.8. The minimum absolute atomic E-state index is 0.291. The van der Waals surface area contributed by atoms with Gasteiger partial charge in [0.2, 0.25) is 0 Å². The van der Waals surface area contributed by atoms with Crippen LogP contribution in [-0.4, -0.2) is 49.9 Å².